The molecule has 0 aliphatic heterocycles. The summed E-state index contributed by atoms with van der Waals surface area (Å²) in [7, 11) is 0. The van der Waals surface area contributed by atoms with Gasteiger partial charge in [0.15, 0.2) is 0 Å². The predicted molar refractivity (Wildman–Crippen MR) is 475 cm³/mol. The highest BCUT2D eigenvalue weighted by molar-refractivity contribution is 7.26. The lowest BCUT2D eigenvalue weighted by Crippen LogP contribution is -2.14. The molecule has 0 fully saturated rings. The fourth-order valence-electron chi connectivity index (χ4n) is 15.5. The van der Waals surface area contributed by atoms with Crippen molar-refractivity contribution in [2.75, 3.05) is 0 Å². The van der Waals surface area contributed by atoms with Gasteiger partial charge < -0.3 is 13.3 Å². The van der Waals surface area contributed by atoms with Crippen LogP contribution in [0.1, 0.15) is 219 Å². The van der Waals surface area contributed by atoms with E-state index in [0.717, 1.165) is 100 Å². The number of para-hydroxylation sites is 3. The van der Waals surface area contributed by atoms with E-state index in [1.54, 1.807) is 13.8 Å². The standard InChI is InChI=1S/2C18H20O.C18H20.C17H18O.2C16H16S/c1-5-12-10-11-14-13-8-6-7-9-15(13)19-17(14)16(12)18(2,3)4;1-5-12-10-11-15-16(17(12)18(2,3)4)13-8-6-7-9-14(13)19-15;1-12-9-16-14(11-17(12)18(2,3)4)10-13-7-5-6-8-15(13)16;1-11-13(17(2,3)4)9-10-15-16(11)12-7-5-6-8-14(12)18-15;1-16(2,3)13-9-6-8-12-11-7-4-5-10-14(11)17-15(12)13;1-16(2,3)12-8-6-10-14-15(12)11-7-4-5-9-13(11)17-14/h2*6-11H,5H2,1-4H3;5-9,11H,10H2,1-4H3;5-10H,1-4H3;2*4-10H,1-3H3/i2*5D2;2*1D3;;. The van der Waals surface area contributed by atoms with Gasteiger partial charge in [0.1, 0.15) is 33.5 Å². The predicted octanol–water partition coefficient (Wildman–Crippen LogP) is 31.7. The molecule has 0 amide bonds. The Kier molecular flexibility index (Phi) is 17.8. The Morgan fingerprint density at radius 3 is 1.41 bits per heavy atom. The zero-order valence-corrected chi connectivity index (χ0v) is 68.3. The van der Waals surface area contributed by atoms with E-state index in [-0.39, 0.29) is 32.5 Å². The highest BCUT2D eigenvalue weighted by Gasteiger charge is 2.28. The lowest BCUT2D eigenvalue weighted by molar-refractivity contribution is 0.566. The molecule has 0 atom stereocenters. The van der Waals surface area contributed by atoms with Gasteiger partial charge in [0.2, 0.25) is 0 Å². The Hall–Kier alpha value is -9.52. The van der Waals surface area contributed by atoms with Crippen molar-refractivity contribution >= 4 is 129 Å². The van der Waals surface area contributed by atoms with E-state index in [9.17, 15) is 0 Å². The summed E-state index contributed by atoms with van der Waals surface area (Å²) in [6, 6.07) is 77.9. The minimum atomic E-state index is -2.17. The smallest absolute Gasteiger partial charge is 0.139 e. The molecule has 0 unspecified atom stereocenters. The maximum absolute atomic E-state index is 8.17. The zero-order valence-electron chi connectivity index (χ0n) is 76.7. The molecule has 18 rings (SSSR count). The third kappa shape index (κ3) is 15.3. The number of rotatable bonds is 2. The summed E-state index contributed by atoms with van der Waals surface area (Å²) in [5, 5.41) is 11.5. The van der Waals surface area contributed by atoms with Crippen LogP contribution in [0.3, 0.4) is 0 Å². The lowest BCUT2D eigenvalue weighted by Gasteiger charge is -2.23. The molecule has 0 saturated carbocycles. The van der Waals surface area contributed by atoms with E-state index in [0.29, 0.717) is 22.3 Å². The third-order valence-electron chi connectivity index (χ3n) is 20.6. The van der Waals surface area contributed by atoms with Crippen LogP contribution in [0.25, 0.3) is 117 Å². The van der Waals surface area contributed by atoms with Crippen LogP contribution in [-0.4, -0.2) is 0 Å². The highest BCUT2D eigenvalue weighted by Crippen LogP contribution is 2.46. The molecular weight excluding hydrogens is 1350 g/mol. The zero-order chi connectivity index (χ0) is 85.7. The molecule has 5 heteroatoms. The van der Waals surface area contributed by atoms with E-state index >= 15 is 0 Å². The minimum absolute atomic E-state index is 0.162. The molecule has 5 aromatic heterocycles. The molecule has 0 saturated heterocycles. The Morgan fingerprint density at radius 1 is 0.324 bits per heavy atom. The minimum Gasteiger partial charge on any atom is -0.456 e. The summed E-state index contributed by atoms with van der Waals surface area (Å²) >= 11 is 3.81. The average molecular weight is 1470 g/mol. The van der Waals surface area contributed by atoms with Crippen molar-refractivity contribution in [2.24, 2.45) is 0 Å². The Balaban J connectivity index is 0.000000123. The Labute approximate surface area is 664 Å². The molecule has 1 aliphatic carbocycles. The molecule has 1 aliphatic rings. The third-order valence-corrected chi connectivity index (χ3v) is 23.0. The van der Waals surface area contributed by atoms with Gasteiger partial charge >= 0.3 is 0 Å². The van der Waals surface area contributed by atoms with Crippen LogP contribution < -0.4 is 0 Å². The van der Waals surface area contributed by atoms with E-state index < -0.39 is 26.4 Å². The van der Waals surface area contributed by atoms with Crippen LogP contribution in [0.5, 0.6) is 0 Å². The maximum atomic E-state index is 8.17. The fraction of sp³-hybridized carbons (Fsp3) is 0.301. The van der Waals surface area contributed by atoms with E-state index in [2.05, 4.69) is 207 Å². The molecule has 0 spiro atoms. The molecule has 0 radical (unpaired) electrons. The van der Waals surface area contributed by atoms with E-state index in [1.165, 1.54) is 68.2 Å². The molecule has 0 N–H and O–H groups in total. The van der Waals surface area contributed by atoms with Crippen molar-refractivity contribution in [2.45, 2.75) is 204 Å². The van der Waals surface area contributed by atoms with Crippen LogP contribution in [0, 0.1) is 13.7 Å². The number of thiophene rings is 2. The first-order chi connectivity index (χ1) is 54.9. The number of fused-ring (bicyclic) bond motifs is 18. The fourth-order valence-corrected chi connectivity index (χ4v) is 18.1. The first-order valence-electron chi connectivity index (χ1n) is 42.8. The second-order valence-electron chi connectivity index (χ2n) is 34.8. The lowest BCUT2D eigenvalue weighted by atomic mass is 9.80. The van der Waals surface area contributed by atoms with Crippen LogP contribution in [0.4, 0.5) is 0 Å². The first-order valence-corrected chi connectivity index (χ1v) is 39.5. The Morgan fingerprint density at radius 2 is 0.806 bits per heavy atom. The van der Waals surface area contributed by atoms with Crippen molar-refractivity contribution in [1.29, 1.82) is 0 Å². The van der Waals surface area contributed by atoms with Gasteiger partial charge in [-0.2, -0.15) is 0 Å². The number of furan rings is 3. The van der Waals surface area contributed by atoms with Gasteiger partial charge in [0.25, 0.3) is 0 Å². The van der Waals surface area contributed by atoms with Crippen molar-refractivity contribution in [1.82, 2.24) is 0 Å². The summed E-state index contributed by atoms with van der Waals surface area (Å²) in [5.41, 5.74) is 18.2. The van der Waals surface area contributed by atoms with Gasteiger partial charge in [0.05, 0.1) is 0 Å². The normalized spacial score (nSPS) is 14.4. The SMILES string of the molecule is CC(C)(C)c1cccc2c1sc1ccccc12.CC(C)(C)c1cccc2sc3ccccc3c12.[2H]C([2H])(C)c1ccc2c(oc3ccccc32)c1C(C)(C)C.[2H]C([2H])(C)c1ccc2oc3ccccc3c2c1C(C)(C)C.[2H]C([2H])([2H])c1c(C(C)(C)C)ccc2oc3ccccc3c12.[2H]C([2H])([2H])c1cc2c(cc1C(C)(C)C)Cc1ccccc1-2. The molecule has 12 aromatic carbocycles. The molecular formula is C103H110O3S2. The van der Waals surface area contributed by atoms with Gasteiger partial charge in [-0.05, 0) is 186 Å². The van der Waals surface area contributed by atoms with Crippen molar-refractivity contribution in [3.8, 4) is 11.1 Å². The van der Waals surface area contributed by atoms with Gasteiger partial charge in [-0.25, -0.2) is 0 Å². The summed E-state index contributed by atoms with van der Waals surface area (Å²) < 4.78 is 104. The number of hydrogen-bond acceptors (Lipinski definition) is 5. The van der Waals surface area contributed by atoms with Gasteiger partial charge in [0, 0.05) is 91.9 Å². The molecule has 3 nitrogen and oxygen atoms in total. The number of aryl methyl sites for hydroxylation is 4. The van der Waals surface area contributed by atoms with Crippen LogP contribution in [-0.2, 0) is 51.7 Å². The summed E-state index contributed by atoms with van der Waals surface area (Å²) in [5.74, 6) is 0. The van der Waals surface area contributed by atoms with Gasteiger partial charge in [-0.15, -0.1) is 22.7 Å². The van der Waals surface area contributed by atoms with Crippen molar-refractivity contribution in [3.63, 3.8) is 0 Å². The second-order valence-corrected chi connectivity index (χ2v) is 37.0. The van der Waals surface area contributed by atoms with Crippen LogP contribution in [0.2, 0.25) is 0 Å². The van der Waals surface area contributed by atoms with Crippen LogP contribution in [0.15, 0.2) is 244 Å². The monoisotopic (exact) mass is 1470 g/mol. The summed E-state index contributed by atoms with van der Waals surface area (Å²) in [6.07, 6.45) is -1.87. The van der Waals surface area contributed by atoms with Crippen molar-refractivity contribution in [3.05, 3.63) is 297 Å². The van der Waals surface area contributed by atoms with Gasteiger partial charge in [-0.3, -0.25) is 0 Å². The number of hydrogen-bond donors (Lipinski definition) is 0. The second kappa shape index (κ2) is 29.8. The van der Waals surface area contributed by atoms with Crippen molar-refractivity contribution < 1.29 is 27.0 Å². The van der Waals surface area contributed by atoms with E-state index in [1.807, 2.05) is 171 Å². The topological polar surface area (TPSA) is 39.4 Å². The molecule has 108 heavy (non-hydrogen) atoms. The molecule has 17 aromatic rings. The quantitative estimate of drug-likeness (QED) is 0.173. The van der Waals surface area contributed by atoms with E-state index in [4.69, 9.17) is 27.0 Å². The highest BCUT2D eigenvalue weighted by atomic mass is 32.1. The summed E-state index contributed by atoms with van der Waals surface area (Å²) in [6.45, 7) is 37.7. The first kappa shape index (κ1) is 64.5. The molecule has 552 valence electrons. The van der Waals surface area contributed by atoms with Gasteiger partial charge in [-0.1, -0.05) is 320 Å². The Bertz CT molecular complexity index is 6440. The number of benzene rings is 12. The van der Waals surface area contributed by atoms with Crippen LogP contribution >= 0.6 is 22.7 Å². The molecule has 0 bridgehead atoms. The largest absolute Gasteiger partial charge is 0.456 e. The summed E-state index contributed by atoms with van der Waals surface area (Å²) in [4.78, 5) is 0. The molecule has 5 heterocycles. The maximum Gasteiger partial charge on any atom is 0.139 e. The average Bonchev–Trinajstić information content (AvgIpc) is 1.56.